The number of anilines is 1. The van der Waals surface area contributed by atoms with Gasteiger partial charge in [-0.1, -0.05) is 32.0 Å². The molecule has 10 heteroatoms. The molecule has 0 bridgehead atoms. The van der Waals surface area contributed by atoms with Crippen molar-refractivity contribution in [3.05, 3.63) is 42.7 Å². The van der Waals surface area contributed by atoms with Crippen LogP contribution < -0.4 is 10.0 Å². The van der Waals surface area contributed by atoms with E-state index >= 15 is 0 Å². The number of aromatic nitrogens is 2. The van der Waals surface area contributed by atoms with Crippen molar-refractivity contribution in [2.75, 3.05) is 37.0 Å². The minimum Gasteiger partial charge on any atom is -0.322 e. The molecule has 30 heavy (non-hydrogen) atoms. The smallest absolute Gasteiger partial charge is 0.242 e. The third-order valence-corrected chi connectivity index (χ3v) is 6.85. The van der Waals surface area contributed by atoms with E-state index in [1.165, 1.54) is 12.1 Å². The molecule has 2 N–H and O–H groups in total. The molecule has 0 saturated carbocycles. The molecular weight excluding hydrogens is 422 g/mol. The average molecular weight is 454 g/mol. The van der Waals surface area contributed by atoms with Gasteiger partial charge in [0.1, 0.15) is 6.04 Å². The van der Waals surface area contributed by atoms with Crippen molar-refractivity contribution in [2.24, 2.45) is 0 Å². The highest BCUT2D eigenvalue weighted by atomic mass is 32.2. The second-order valence-electron chi connectivity index (χ2n) is 6.78. The third-order valence-electron chi connectivity index (χ3n) is 4.72. The number of amides is 1. The quantitative estimate of drug-likeness (QED) is 0.483. The van der Waals surface area contributed by atoms with Crippen LogP contribution in [-0.2, 0) is 21.4 Å². The van der Waals surface area contributed by atoms with E-state index in [0.29, 0.717) is 24.4 Å². The van der Waals surface area contributed by atoms with Gasteiger partial charge in [0.2, 0.25) is 15.9 Å². The van der Waals surface area contributed by atoms with Gasteiger partial charge in [-0.2, -0.15) is 21.6 Å². The Morgan fingerprint density at radius 1 is 1.23 bits per heavy atom. The van der Waals surface area contributed by atoms with Crippen LogP contribution in [0.15, 0.2) is 47.6 Å². The molecule has 1 aromatic heterocycles. The molecule has 1 amide bonds. The summed E-state index contributed by atoms with van der Waals surface area (Å²) in [4.78, 5) is 15.2. The summed E-state index contributed by atoms with van der Waals surface area (Å²) >= 11 is 1.56. The molecule has 166 valence electrons. The van der Waals surface area contributed by atoms with Crippen LogP contribution in [0.25, 0.3) is 0 Å². The van der Waals surface area contributed by atoms with Crippen molar-refractivity contribution < 1.29 is 13.2 Å². The fourth-order valence-corrected chi connectivity index (χ4v) is 4.62. The van der Waals surface area contributed by atoms with E-state index in [9.17, 15) is 13.2 Å². The van der Waals surface area contributed by atoms with E-state index in [4.69, 9.17) is 0 Å². The molecule has 0 radical (unpaired) electrons. The molecule has 8 nitrogen and oxygen atoms in total. The van der Waals surface area contributed by atoms with Crippen molar-refractivity contribution in [3.8, 4) is 0 Å². The molecule has 0 aliphatic rings. The van der Waals surface area contributed by atoms with Gasteiger partial charge in [-0.05, 0) is 43.7 Å². The fraction of sp³-hybridized carbons (Fsp3) is 0.500. The van der Waals surface area contributed by atoms with Crippen LogP contribution in [0.3, 0.4) is 0 Å². The summed E-state index contributed by atoms with van der Waals surface area (Å²) in [5, 5.41) is 7.07. The highest BCUT2D eigenvalue weighted by molar-refractivity contribution is 7.98. The maximum Gasteiger partial charge on any atom is 0.242 e. The Kier molecular flexibility index (Phi) is 9.83. The first-order chi connectivity index (χ1) is 14.4. The Bertz CT molecular complexity index is 883. The highest BCUT2D eigenvalue weighted by Gasteiger charge is 2.25. The lowest BCUT2D eigenvalue weighted by Gasteiger charge is -2.18. The van der Waals surface area contributed by atoms with Gasteiger partial charge in [-0.15, -0.1) is 0 Å². The standard InChI is InChI=1S/C20H31N5O3S2/c1-4-24(5-2)12-13-25-16-17(15-21-25)22-20(26)19(11-14-29-3)23-30(27,28)18-9-7-6-8-10-18/h6-10,15-16,19,23H,4-5,11-14H2,1-3H3,(H,22,26). The van der Waals surface area contributed by atoms with Gasteiger partial charge in [0.15, 0.2) is 0 Å². The van der Waals surface area contributed by atoms with E-state index in [1.54, 1.807) is 47.0 Å². The Balaban J connectivity index is 2.03. The lowest BCUT2D eigenvalue weighted by molar-refractivity contribution is -0.117. The minimum atomic E-state index is -3.79. The van der Waals surface area contributed by atoms with Gasteiger partial charge in [0, 0.05) is 12.7 Å². The summed E-state index contributed by atoms with van der Waals surface area (Å²) in [6, 6.07) is 7.18. The number of nitrogens with one attached hydrogen (secondary N) is 2. The summed E-state index contributed by atoms with van der Waals surface area (Å²) in [6.45, 7) is 7.76. The summed E-state index contributed by atoms with van der Waals surface area (Å²) in [5.41, 5.74) is 0.549. The normalized spacial score (nSPS) is 12.8. The van der Waals surface area contributed by atoms with E-state index < -0.39 is 22.0 Å². The number of benzene rings is 1. The second kappa shape index (κ2) is 12.1. The van der Waals surface area contributed by atoms with Crippen LogP contribution in [-0.4, -0.2) is 66.7 Å². The van der Waals surface area contributed by atoms with Crippen molar-refractivity contribution in [2.45, 2.75) is 37.8 Å². The number of carbonyl (C=O) groups is 1. The zero-order chi connectivity index (χ0) is 22.0. The van der Waals surface area contributed by atoms with Gasteiger partial charge >= 0.3 is 0 Å². The summed E-state index contributed by atoms with van der Waals surface area (Å²) in [7, 11) is -3.79. The third kappa shape index (κ3) is 7.42. The number of hydrogen-bond donors (Lipinski definition) is 2. The molecule has 0 aliphatic heterocycles. The zero-order valence-electron chi connectivity index (χ0n) is 17.7. The fourth-order valence-electron chi connectivity index (χ4n) is 2.90. The van der Waals surface area contributed by atoms with E-state index in [0.717, 1.165) is 19.6 Å². The maximum atomic E-state index is 12.8. The van der Waals surface area contributed by atoms with Crippen LogP contribution in [0, 0.1) is 0 Å². The first-order valence-electron chi connectivity index (χ1n) is 10.0. The van der Waals surface area contributed by atoms with Crippen molar-refractivity contribution in [1.82, 2.24) is 19.4 Å². The number of thioether (sulfide) groups is 1. The molecule has 1 heterocycles. The van der Waals surface area contributed by atoms with Gasteiger partial charge in [0.05, 0.1) is 23.3 Å². The molecule has 0 saturated heterocycles. The Labute approximate surface area is 183 Å². The Morgan fingerprint density at radius 2 is 1.93 bits per heavy atom. The lowest BCUT2D eigenvalue weighted by atomic mass is 10.2. The molecule has 2 rings (SSSR count). The van der Waals surface area contributed by atoms with Crippen LogP contribution in [0.1, 0.15) is 20.3 Å². The topological polar surface area (TPSA) is 96.3 Å². The number of hydrogen-bond acceptors (Lipinski definition) is 6. The predicted octanol–water partition coefficient (Wildman–Crippen LogP) is 2.26. The number of rotatable bonds is 13. The summed E-state index contributed by atoms with van der Waals surface area (Å²) < 4.78 is 29.6. The molecule has 0 aliphatic carbocycles. The highest BCUT2D eigenvalue weighted by Crippen LogP contribution is 2.13. The zero-order valence-corrected chi connectivity index (χ0v) is 19.4. The number of carbonyl (C=O) groups excluding carboxylic acids is 1. The minimum absolute atomic E-state index is 0.135. The van der Waals surface area contributed by atoms with Crippen molar-refractivity contribution in [1.29, 1.82) is 0 Å². The first kappa shape index (κ1) is 24.4. The van der Waals surface area contributed by atoms with Crippen LogP contribution >= 0.6 is 11.8 Å². The van der Waals surface area contributed by atoms with Crippen LogP contribution in [0.2, 0.25) is 0 Å². The molecule has 0 spiro atoms. The maximum absolute atomic E-state index is 12.8. The number of likely N-dealkylation sites (N-methyl/N-ethyl adjacent to an activating group) is 1. The lowest BCUT2D eigenvalue weighted by Crippen LogP contribution is -2.44. The Morgan fingerprint density at radius 3 is 2.57 bits per heavy atom. The molecule has 1 atom stereocenters. The van der Waals surface area contributed by atoms with Crippen LogP contribution in [0.4, 0.5) is 5.69 Å². The monoisotopic (exact) mass is 453 g/mol. The predicted molar refractivity (Wildman–Crippen MR) is 122 cm³/mol. The molecule has 1 unspecified atom stereocenters. The van der Waals surface area contributed by atoms with Crippen molar-refractivity contribution in [3.63, 3.8) is 0 Å². The van der Waals surface area contributed by atoms with E-state index in [2.05, 4.69) is 33.9 Å². The second-order valence-corrected chi connectivity index (χ2v) is 9.48. The van der Waals surface area contributed by atoms with Gasteiger partial charge in [-0.3, -0.25) is 9.48 Å². The SMILES string of the molecule is CCN(CC)CCn1cc(NC(=O)C(CCSC)NS(=O)(=O)c2ccccc2)cn1. The van der Waals surface area contributed by atoms with E-state index in [-0.39, 0.29) is 4.90 Å². The summed E-state index contributed by atoms with van der Waals surface area (Å²) in [6.07, 6.45) is 5.64. The van der Waals surface area contributed by atoms with Gasteiger partial charge < -0.3 is 10.2 Å². The molecule has 1 aromatic carbocycles. The molecular formula is C20H31N5O3S2. The van der Waals surface area contributed by atoms with Crippen molar-refractivity contribution >= 4 is 33.4 Å². The molecule has 0 fully saturated rings. The first-order valence-corrected chi connectivity index (χ1v) is 12.9. The van der Waals surface area contributed by atoms with E-state index in [1.807, 2.05) is 6.26 Å². The van der Waals surface area contributed by atoms with Gasteiger partial charge in [0.25, 0.3) is 0 Å². The van der Waals surface area contributed by atoms with Crippen LogP contribution in [0.5, 0.6) is 0 Å². The Hall–Kier alpha value is -1.88. The number of nitrogens with zero attached hydrogens (tertiary/aromatic N) is 3. The average Bonchev–Trinajstić information content (AvgIpc) is 3.19. The van der Waals surface area contributed by atoms with Gasteiger partial charge in [-0.25, -0.2) is 8.42 Å². The largest absolute Gasteiger partial charge is 0.322 e. The number of sulfonamides is 1. The summed E-state index contributed by atoms with van der Waals surface area (Å²) in [5.74, 6) is 0.255. The molecule has 2 aromatic rings.